The molecule has 0 aliphatic carbocycles. The molecule has 1 atom stereocenters. The minimum absolute atomic E-state index is 0.0639. The quantitative estimate of drug-likeness (QED) is 0.730. The predicted octanol–water partition coefficient (Wildman–Crippen LogP) is 2.75. The van der Waals surface area contributed by atoms with E-state index in [1.807, 2.05) is 36.9 Å². The number of ether oxygens (including phenoxy) is 2. The molecule has 28 heavy (non-hydrogen) atoms. The SMILES string of the molecule is Cc1cccc(C)c1OCCCC(=O)NC1CCN(C(=O)C2CCCO2)CC1. The minimum Gasteiger partial charge on any atom is -0.493 e. The molecule has 0 aromatic heterocycles. The van der Waals surface area contributed by atoms with Crippen LogP contribution in [0.2, 0.25) is 0 Å². The highest BCUT2D eigenvalue weighted by Gasteiger charge is 2.31. The monoisotopic (exact) mass is 388 g/mol. The number of nitrogens with zero attached hydrogens (tertiary/aromatic N) is 1. The van der Waals surface area contributed by atoms with Gasteiger partial charge in [-0.15, -0.1) is 0 Å². The molecule has 2 aliphatic rings. The van der Waals surface area contributed by atoms with Gasteiger partial charge in [0.25, 0.3) is 5.91 Å². The lowest BCUT2D eigenvalue weighted by Gasteiger charge is -2.33. The molecule has 2 amide bonds. The van der Waals surface area contributed by atoms with Gasteiger partial charge in [0, 0.05) is 32.2 Å². The van der Waals surface area contributed by atoms with Gasteiger partial charge < -0.3 is 19.7 Å². The normalized spacial score (nSPS) is 20.2. The van der Waals surface area contributed by atoms with Crippen LogP contribution in [0.1, 0.15) is 49.7 Å². The number of para-hydroxylation sites is 1. The maximum Gasteiger partial charge on any atom is 0.251 e. The van der Waals surface area contributed by atoms with Crippen molar-refractivity contribution in [3.8, 4) is 5.75 Å². The molecule has 2 heterocycles. The molecule has 0 saturated carbocycles. The molecule has 2 aliphatic heterocycles. The highest BCUT2D eigenvalue weighted by atomic mass is 16.5. The molecule has 1 N–H and O–H groups in total. The first kappa shape index (κ1) is 20.6. The number of hydrogen-bond acceptors (Lipinski definition) is 4. The molecule has 0 radical (unpaired) electrons. The number of amides is 2. The number of nitrogens with one attached hydrogen (secondary N) is 1. The van der Waals surface area contributed by atoms with Gasteiger partial charge in [0.2, 0.25) is 5.91 Å². The molecular weight excluding hydrogens is 356 g/mol. The Bertz CT molecular complexity index is 657. The lowest BCUT2D eigenvalue weighted by Crippen LogP contribution is -2.49. The largest absolute Gasteiger partial charge is 0.493 e. The fraction of sp³-hybridized carbons (Fsp3) is 0.636. The third-order valence-electron chi connectivity index (χ3n) is 5.58. The molecule has 154 valence electrons. The average molecular weight is 389 g/mol. The van der Waals surface area contributed by atoms with Crippen LogP contribution < -0.4 is 10.1 Å². The molecule has 2 fully saturated rings. The van der Waals surface area contributed by atoms with Gasteiger partial charge in [-0.2, -0.15) is 0 Å². The first-order valence-corrected chi connectivity index (χ1v) is 10.4. The Labute approximate surface area is 167 Å². The van der Waals surface area contributed by atoms with Gasteiger partial charge in [0.1, 0.15) is 11.9 Å². The van der Waals surface area contributed by atoms with Crippen molar-refractivity contribution >= 4 is 11.8 Å². The van der Waals surface area contributed by atoms with Gasteiger partial charge in [0.05, 0.1) is 6.61 Å². The smallest absolute Gasteiger partial charge is 0.251 e. The standard InChI is InChI=1S/C22H32N2O4/c1-16-6-3-7-17(2)21(16)28-15-5-9-20(25)23-18-10-12-24(13-11-18)22(26)19-8-4-14-27-19/h3,6-7,18-19H,4-5,8-15H2,1-2H3,(H,23,25). The summed E-state index contributed by atoms with van der Waals surface area (Å²) in [6, 6.07) is 6.24. The molecular formula is C22H32N2O4. The number of benzene rings is 1. The Morgan fingerprint density at radius 1 is 1.18 bits per heavy atom. The number of carbonyl (C=O) groups excluding carboxylic acids is 2. The Hall–Kier alpha value is -2.08. The van der Waals surface area contributed by atoms with Crippen molar-refractivity contribution in [2.75, 3.05) is 26.3 Å². The zero-order valence-electron chi connectivity index (χ0n) is 17.0. The Morgan fingerprint density at radius 3 is 2.54 bits per heavy atom. The first-order chi connectivity index (χ1) is 13.5. The minimum atomic E-state index is -0.247. The number of likely N-dealkylation sites (tertiary alicyclic amines) is 1. The highest BCUT2D eigenvalue weighted by Crippen LogP contribution is 2.22. The van der Waals surface area contributed by atoms with E-state index < -0.39 is 0 Å². The molecule has 6 nitrogen and oxygen atoms in total. The summed E-state index contributed by atoms with van der Waals surface area (Å²) in [4.78, 5) is 26.5. The molecule has 3 rings (SSSR count). The highest BCUT2D eigenvalue weighted by molar-refractivity contribution is 5.81. The van der Waals surface area contributed by atoms with Gasteiger partial charge in [-0.05, 0) is 57.1 Å². The molecule has 1 aromatic rings. The number of piperidine rings is 1. The van der Waals surface area contributed by atoms with Crippen molar-refractivity contribution in [2.45, 2.75) is 64.5 Å². The lowest BCUT2D eigenvalue weighted by atomic mass is 10.0. The second-order valence-corrected chi connectivity index (χ2v) is 7.84. The summed E-state index contributed by atoms with van der Waals surface area (Å²) in [5.74, 6) is 1.10. The molecule has 1 unspecified atom stereocenters. The van der Waals surface area contributed by atoms with E-state index in [0.717, 1.165) is 42.6 Å². The van der Waals surface area contributed by atoms with Crippen molar-refractivity contribution < 1.29 is 19.1 Å². The van der Waals surface area contributed by atoms with Crippen LogP contribution in [-0.2, 0) is 14.3 Å². The van der Waals surface area contributed by atoms with Crippen LogP contribution >= 0.6 is 0 Å². The van der Waals surface area contributed by atoms with Crippen LogP contribution in [0.3, 0.4) is 0 Å². The van der Waals surface area contributed by atoms with Crippen LogP contribution in [0.5, 0.6) is 5.75 Å². The number of hydrogen-bond donors (Lipinski definition) is 1. The fourth-order valence-corrected chi connectivity index (χ4v) is 3.95. The van der Waals surface area contributed by atoms with E-state index in [1.165, 1.54) is 0 Å². The van der Waals surface area contributed by atoms with E-state index in [4.69, 9.17) is 9.47 Å². The zero-order valence-corrected chi connectivity index (χ0v) is 17.0. The average Bonchev–Trinajstić information content (AvgIpc) is 3.22. The Morgan fingerprint density at radius 2 is 1.89 bits per heavy atom. The van der Waals surface area contributed by atoms with Gasteiger partial charge >= 0.3 is 0 Å². The summed E-state index contributed by atoms with van der Waals surface area (Å²) in [7, 11) is 0. The van der Waals surface area contributed by atoms with Crippen molar-refractivity contribution in [3.05, 3.63) is 29.3 Å². The fourth-order valence-electron chi connectivity index (χ4n) is 3.95. The van der Waals surface area contributed by atoms with Gasteiger partial charge in [-0.25, -0.2) is 0 Å². The van der Waals surface area contributed by atoms with Crippen LogP contribution in [0.15, 0.2) is 18.2 Å². The molecule has 1 aromatic carbocycles. The van der Waals surface area contributed by atoms with Gasteiger partial charge in [-0.3, -0.25) is 9.59 Å². The van der Waals surface area contributed by atoms with Crippen molar-refractivity contribution in [3.63, 3.8) is 0 Å². The number of rotatable bonds is 7. The predicted molar refractivity (Wildman–Crippen MR) is 107 cm³/mol. The van der Waals surface area contributed by atoms with Gasteiger partial charge in [-0.1, -0.05) is 18.2 Å². The van der Waals surface area contributed by atoms with Crippen molar-refractivity contribution in [1.29, 1.82) is 0 Å². The summed E-state index contributed by atoms with van der Waals surface area (Å²) in [5.41, 5.74) is 2.24. The third kappa shape index (κ3) is 5.47. The lowest BCUT2D eigenvalue weighted by molar-refractivity contribution is -0.142. The third-order valence-corrected chi connectivity index (χ3v) is 5.58. The summed E-state index contributed by atoms with van der Waals surface area (Å²) in [5, 5.41) is 3.11. The molecule has 6 heteroatoms. The maximum atomic E-state index is 12.4. The Balaban J connectivity index is 1.32. The second-order valence-electron chi connectivity index (χ2n) is 7.84. The Kier molecular flexibility index (Phi) is 7.31. The topological polar surface area (TPSA) is 67.9 Å². The number of carbonyl (C=O) groups is 2. The van der Waals surface area contributed by atoms with Crippen molar-refractivity contribution in [1.82, 2.24) is 10.2 Å². The first-order valence-electron chi connectivity index (χ1n) is 10.4. The van der Waals surface area contributed by atoms with Crippen LogP contribution in [0.25, 0.3) is 0 Å². The molecule has 2 saturated heterocycles. The van der Waals surface area contributed by atoms with E-state index >= 15 is 0 Å². The van der Waals surface area contributed by atoms with Crippen LogP contribution in [0.4, 0.5) is 0 Å². The molecule has 0 spiro atoms. The maximum absolute atomic E-state index is 12.4. The zero-order chi connectivity index (χ0) is 19.9. The second kappa shape index (κ2) is 9.92. The van der Waals surface area contributed by atoms with Crippen LogP contribution in [-0.4, -0.2) is 55.2 Å². The number of aryl methyl sites for hydroxylation is 2. The summed E-state index contributed by atoms with van der Waals surface area (Å²) in [6.07, 6.45) is 4.32. The summed E-state index contributed by atoms with van der Waals surface area (Å²) in [6.45, 7) is 6.68. The van der Waals surface area contributed by atoms with E-state index in [2.05, 4.69) is 5.32 Å². The van der Waals surface area contributed by atoms with Crippen LogP contribution in [0, 0.1) is 13.8 Å². The summed E-state index contributed by atoms with van der Waals surface area (Å²) < 4.78 is 11.3. The van der Waals surface area contributed by atoms with E-state index in [-0.39, 0.29) is 24.0 Å². The van der Waals surface area contributed by atoms with E-state index in [9.17, 15) is 9.59 Å². The van der Waals surface area contributed by atoms with E-state index in [1.54, 1.807) is 0 Å². The summed E-state index contributed by atoms with van der Waals surface area (Å²) >= 11 is 0. The van der Waals surface area contributed by atoms with Crippen molar-refractivity contribution in [2.24, 2.45) is 0 Å². The van der Waals surface area contributed by atoms with Gasteiger partial charge in [0.15, 0.2) is 0 Å². The van der Waals surface area contributed by atoms with E-state index in [0.29, 0.717) is 39.1 Å². The molecule has 0 bridgehead atoms.